The first kappa shape index (κ1) is 12.7. The molecule has 1 fully saturated rings. The van der Waals surface area contributed by atoms with Crippen LogP contribution in [0, 0.1) is 0 Å². The van der Waals surface area contributed by atoms with E-state index in [2.05, 4.69) is 28.3 Å². The van der Waals surface area contributed by atoms with Gasteiger partial charge in [-0.15, -0.1) is 0 Å². The third-order valence-electron chi connectivity index (χ3n) is 3.58. The molecule has 3 nitrogen and oxygen atoms in total. The topological polar surface area (TPSA) is 26.2 Å². The number of nitrogens with zero attached hydrogens (tertiary/aromatic N) is 1. The average Bonchev–Trinajstić information content (AvgIpc) is 2.85. The summed E-state index contributed by atoms with van der Waals surface area (Å²) in [6, 6.07) is 2.98. The number of hydrogen-bond acceptors (Lipinski definition) is 2. The highest BCUT2D eigenvalue weighted by Gasteiger charge is 2.14. The standard InChI is InChI=1S/C14H24N2O/c1-17-10-8-15-11-13-7-9-16(12-13)14-5-3-2-4-6-14/h7,9,12,14-15H,2-6,8,10-11H2,1H3. The van der Waals surface area contributed by atoms with E-state index in [9.17, 15) is 0 Å². The first-order valence-electron chi connectivity index (χ1n) is 6.76. The van der Waals surface area contributed by atoms with E-state index in [0.29, 0.717) is 0 Å². The highest BCUT2D eigenvalue weighted by Crippen LogP contribution is 2.28. The van der Waals surface area contributed by atoms with Crippen LogP contribution in [0.15, 0.2) is 18.5 Å². The molecule has 0 aliphatic heterocycles. The number of rotatable bonds is 6. The Labute approximate surface area is 104 Å². The van der Waals surface area contributed by atoms with E-state index in [1.165, 1.54) is 37.7 Å². The van der Waals surface area contributed by atoms with Gasteiger partial charge in [0.1, 0.15) is 0 Å². The van der Waals surface area contributed by atoms with Crippen LogP contribution in [0.5, 0.6) is 0 Å². The van der Waals surface area contributed by atoms with Gasteiger partial charge in [-0.25, -0.2) is 0 Å². The van der Waals surface area contributed by atoms with Gasteiger partial charge in [0.25, 0.3) is 0 Å². The van der Waals surface area contributed by atoms with Crippen LogP contribution in [0.25, 0.3) is 0 Å². The van der Waals surface area contributed by atoms with Gasteiger partial charge in [-0.05, 0) is 24.5 Å². The highest BCUT2D eigenvalue weighted by molar-refractivity contribution is 5.11. The Morgan fingerprint density at radius 1 is 1.35 bits per heavy atom. The molecule has 0 spiro atoms. The van der Waals surface area contributed by atoms with Crippen LogP contribution >= 0.6 is 0 Å². The van der Waals surface area contributed by atoms with Crippen LogP contribution in [0.1, 0.15) is 43.7 Å². The molecular formula is C14H24N2O. The van der Waals surface area contributed by atoms with Crippen molar-refractivity contribution < 1.29 is 4.74 Å². The molecule has 0 unspecified atom stereocenters. The van der Waals surface area contributed by atoms with E-state index in [1.54, 1.807) is 7.11 Å². The molecule has 0 amide bonds. The van der Waals surface area contributed by atoms with Crippen LogP contribution in [-0.2, 0) is 11.3 Å². The van der Waals surface area contributed by atoms with Crippen molar-refractivity contribution in [3.05, 3.63) is 24.0 Å². The molecule has 0 saturated heterocycles. The predicted octanol–water partition coefficient (Wildman–Crippen LogP) is 2.73. The van der Waals surface area contributed by atoms with Crippen LogP contribution in [0.4, 0.5) is 0 Å². The summed E-state index contributed by atoms with van der Waals surface area (Å²) in [4.78, 5) is 0. The van der Waals surface area contributed by atoms with E-state index in [1.807, 2.05) is 0 Å². The SMILES string of the molecule is COCCNCc1ccn(C2CCCCC2)c1. The van der Waals surface area contributed by atoms with Crippen LogP contribution < -0.4 is 5.32 Å². The molecule has 0 radical (unpaired) electrons. The van der Waals surface area contributed by atoms with E-state index < -0.39 is 0 Å². The van der Waals surface area contributed by atoms with E-state index in [4.69, 9.17) is 4.74 Å². The lowest BCUT2D eigenvalue weighted by molar-refractivity contribution is 0.199. The van der Waals surface area contributed by atoms with Crippen molar-refractivity contribution in [1.82, 2.24) is 9.88 Å². The van der Waals surface area contributed by atoms with Gasteiger partial charge >= 0.3 is 0 Å². The smallest absolute Gasteiger partial charge is 0.0587 e. The molecule has 1 aliphatic carbocycles. The van der Waals surface area contributed by atoms with Gasteiger partial charge in [0.2, 0.25) is 0 Å². The van der Waals surface area contributed by atoms with Crippen LogP contribution in [-0.4, -0.2) is 24.8 Å². The van der Waals surface area contributed by atoms with Gasteiger partial charge in [0.05, 0.1) is 6.61 Å². The van der Waals surface area contributed by atoms with Crippen molar-refractivity contribution in [2.45, 2.75) is 44.7 Å². The van der Waals surface area contributed by atoms with Crippen LogP contribution in [0.3, 0.4) is 0 Å². The fourth-order valence-electron chi connectivity index (χ4n) is 2.58. The summed E-state index contributed by atoms with van der Waals surface area (Å²) >= 11 is 0. The third-order valence-corrected chi connectivity index (χ3v) is 3.58. The third kappa shape index (κ3) is 3.86. The quantitative estimate of drug-likeness (QED) is 0.769. The van der Waals surface area contributed by atoms with Crippen molar-refractivity contribution in [1.29, 1.82) is 0 Å². The molecule has 1 aromatic heterocycles. The Balaban J connectivity index is 1.78. The molecule has 1 aliphatic rings. The summed E-state index contributed by atoms with van der Waals surface area (Å²) in [6.45, 7) is 2.65. The molecule has 1 saturated carbocycles. The van der Waals surface area contributed by atoms with Crippen molar-refractivity contribution in [3.63, 3.8) is 0 Å². The van der Waals surface area contributed by atoms with Crippen molar-refractivity contribution in [2.75, 3.05) is 20.3 Å². The average molecular weight is 236 g/mol. The largest absolute Gasteiger partial charge is 0.383 e. The molecule has 0 atom stereocenters. The Morgan fingerprint density at radius 2 is 2.18 bits per heavy atom. The molecule has 0 bridgehead atoms. The fraction of sp³-hybridized carbons (Fsp3) is 0.714. The van der Waals surface area contributed by atoms with Crippen molar-refractivity contribution in [2.24, 2.45) is 0 Å². The monoisotopic (exact) mass is 236 g/mol. The second kappa shape index (κ2) is 6.82. The van der Waals surface area contributed by atoms with Crippen LogP contribution in [0.2, 0.25) is 0 Å². The normalized spacial score (nSPS) is 17.5. The summed E-state index contributed by atoms with van der Waals surface area (Å²) in [5, 5.41) is 3.38. The molecule has 1 aromatic rings. The number of methoxy groups -OCH3 is 1. The first-order chi connectivity index (χ1) is 8.40. The summed E-state index contributed by atoms with van der Waals surface area (Å²) < 4.78 is 7.42. The molecule has 17 heavy (non-hydrogen) atoms. The molecule has 96 valence electrons. The first-order valence-corrected chi connectivity index (χ1v) is 6.76. The lowest BCUT2D eigenvalue weighted by atomic mass is 9.95. The molecule has 1 heterocycles. The van der Waals surface area contributed by atoms with Gasteiger partial charge in [-0.1, -0.05) is 19.3 Å². The van der Waals surface area contributed by atoms with Gasteiger partial charge < -0.3 is 14.6 Å². The number of hydrogen-bond donors (Lipinski definition) is 1. The molecular weight excluding hydrogens is 212 g/mol. The minimum absolute atomic E-state index is 0.747. The number of ether oxygens (including phenoxy) is 1. The summed E-state index contributed by atoms with van der Waals surface area (Å²) in [5.41, 5.74) is 1.38. The predicted molar refractivity (Wildman–Crippen MR) is 70.1 cm³/mol. The Bertz CT molecular complexity index is 316. The Kier molecular flexibility index (Phi) is 5.08. The summed E-state index contributed by atoms with van der Waals surface area (Å²) in [5.74, 6) is 0. The maximum Gasteiger partial charge on any atom is 0.0587 e. The maximum atomic E-state index is 5.01. The number of aromatic nitrogens is 1. The second-order valence-corrected chi connectivity index (χ2v) is 4.93. The van der Waals surface area contributed by atoms with Crippen molar-refractivity contribution >= 4 is 0 Å². The van der Waals surface area contributed by atoms with E-state index in [0.717, 1.165) is 25.7 Å². The van der Waals surface area contributed by atoms with Gasteiger partial charge in [-0.3, -0.25) is 0 Å². The highest BCUT2D eigenvalue weighted by atomic mass is 16.5. The van der Waals surface area contributed by atoms with E-state index in [-0.39, 0.29) is 0 Å². The summed E-state index contributed by atoms with van der Waals surface area (Å²) in [6.07, 6.45) is 11.5. The summed E-state index contributed by atoms with van der Waals surface area (Å²) in [7, 11) is 1.74. The fourth-order valence-corrected chi connectivity index (χ4v) is 2.58. The van der Waals surface area contributed by atoms with Crippen molar-refractivity contribution in [3.8, 4) is 0 Å². The van der Waals surface area contributed by atoms with Gasteiger partial charge in [-0.2, -0.15) is 0 Å². The molecule has 2 rings (SSSR count). The molecule has 3 heteroatoms. The minimum atomic E-state index is 0.747. The lowest BCUT2D eigenvalue weighted by Crippen LogP contribution is -2.18. The second-order valence-electron chi connectivity index (χ2n) is 4.93. The zero-order valence-corrected chi connectivity index (χ0v) is 10.8. The molecule has 0 aromatic carbocycles. The maximum absolute atomic E-state index is 5.01. The minimum Gasteiger partial charge on any atom is -0.383 e. The lowest BCUT2D eigenvalue weighted by Gasteiger charge is -2.23. The molecule has 1 N–H and O–H groups in total. The Morgan fingerprint density at radius 3 is 2.94 bits per heavy atom. The van der Waals surface area contributed by atoms with E-state index >= 15 is 0 Å². The number of nitrogens with one attached hydrogen (secondary N) is 1. The van der Waals surface area contributed by atoms with Gasteiger partial charge in [0, 0.05) is 38.6 Å². The zero-order valence-electron chi connectivity index (χ0n) is 10.8. The van der Waals surface area contributed by atoms with Gasteiger partial charge in [0.15, 0.2) is 0 Å². The Hall–Kier alpha value is -0.800. The zero-order chi connectivity index (χ0) is 11.9.